The molecule has 0 N–H and O–H groups in total. The van der Waals surface area contributed by atoms with E-state index in [0.717, 1.165) is 44.7 Å². The predicted molar refractivity (Wildman–Crippen MR) is 100 cm³/mol. The average molecular weight is 367 g/mol. The number of ether oxygens (including phenoxy) is 1. The molecular weight excluding hydrogens is 348 g/mol. The number of carbonyl (C=O) groups excluding carboxylic acids is 1. The molecule has 1 amide bonds. The van der Waals surface area contributed by atoms with Crippen molar-refractivity contribution < 1.29 is 9.53 Å². The zero-order chi connectivity index (χ0) is 18.0. The number of benzene rings is 1. The fraction of sp³-hybridized carbons (Fsp3) is 0.333. The van der Waals surface area contributed by atoms with E-state index >= 15 is 0 Å². The van der Waals surface area contributed by atoms with Crippen LogP contribution in [0.1, 0.15) is 34.5 Å². The Morgan fingerprint density at radius 2 is 1.96 bits per heavy atom. The summed E-state index contributed by atoms with van der Waals surface area (Å²) >= 11 is 6.28. The number of halogens is 1. The van der Waals surface area contributed by atoms with Crippen LogP contribution in [0, 0.1) is 17.3 Å². The van der Waals surface area contributed by atoms with Crippen LogP contribution in [0.25, 0.3) is 0 Å². The minimum Gasteiger partial charge on any atom is -0.381 e. The second-order valence-electron chi connectivity index (χ2n) is 6.93. The SMILES string of the molecule is O=C(c1cc(C#Cc2ccccn2)ccc1Cl)N1CC2(CCOCC2)C1. The molecule has 2 fully saturated rings. The van der Waals surface area contributed by atoms with E-state index in [4.69, 9.17) is 16.3 Å². The molecule has 0 radical (unpaired) electrons. The third-order valence-electron chi connectivity index (χ3n) is 5.09. The fourth-order valence-electron chi connectivity index (χ4n) is 3.54. The summed E-state index contributed by atoms with van der Waals surface area (Å²) in [6.07, 6.45) is 3.76. The predicted octanol–water partition coefficient (Wildman–Crippen LogP) is 3.39. The van der Waals surface area contributed by atoms with E-state index in [0.29, 0.717) is 16.3 Å². The number of hydrogen-bond donors (Lipinski definition) is 0. The van der Waals surface area contributed by atoms with Crippen molar-refractivity contribution in [1.82, 2.24) is 9.88 Å². The van der Waals surface area contributed by atoms with Gasteiger partial charge in [-0.2, -0.15) is 0 Å². The number of aromatic nitrogens is 1. The number of hydrogen-bond acceptors (Lipinski definition) is 3. The van der Waals surface area contributed by atoms with Crippen molar-refractivity contribution in [1.29, 1.82) is 0 Å². The zero-order valence-corrected chi connectivity index (χ0v) is 15.1. The number of pyridine rings is 1. The molecule has 26 heavy (non-hydrogen) atoms. The first-order chi connectivity index (χ1) is 12.7. The summed E-state index contributed by atoms with van der Waals surface area (Å²) in [5.74, 6) is 6.04. The molecule has 2 aromatic rings. The highest BCUT2D eigenvalue weighted by molar-refractivity contribution is 6.33. The van der Waals surface area contributed by atoms with Gasteiger partial charge in [0, 0.05) is 43.5 Å². The van der Waals surface area contributed by atoms with E-state index in [1.807, 2.05) is 29.2 Å². The van der Waals surface area contributed by atoms with Gasteiger partial charge in [0.25, 0.3) is 5.91 Å². The van der Waals surface area contributed by atoms with Gasteiger partial charge < -0.3 is 9.64 Å². The van der Waals surface area contributed by atoms with Crippen molar-refractivity contribution >= 4 is 17.5 Å². The first kappa shape index (κ1) is 17.1. The van der Waals surface area contributed by atoms with E-state index < -0.39 is 0 Å². The molecule has 4 rings (SSSR count). The average Bonchev–Trinajstić information content (AvgIpc) is 2.66. The zero-order valence-electron chi connectivity index (χ0n) is 14.4. The normalized spacial score (nSPS) is 18.0. The molecule has 5 heteroatoms. The van der Waals surface area contributed by atoms with Crippen LogP contribution in [0.5, 0.6) is 0 Å². The summed E-state index contributed by atoms with van der Waals surface area (Å²) in [4.78, 5) is 18.9. The van der Waals surface area contributed by atoms with Crippen LogP contribution in [0.3, 0.4) is 0 Å². The first-order valence-electron chi connectivity index (χ1n) is 8.75. The Kier molecular flexibility index (Phi) is 4.67. The molecule has 132 valence electrons. The minimum absolute atomic E-state index is 0.0198. The Morgan fingerprint density at radius 1 is 1.15 bits per heavy atom. The van der Waals surface area contributed by atoms with Crippen molar-refractivity contribution in [3.63, 3.8) is 0 Å². The van der Waals surface area contributed by atoms with Gasteiger partial charge in [-0.25, -0.2) is 4.98 Å². The van der Waals surface area contributed by atoms with E-state index in [2.05, 4.69) is 16.8 Å². The van der Waals surface area contributed by atoms with Gasteiger partial charge in [0.1, 0.15) is 5.69 Å². The lowest BCUT2D eigenvalue weighted by molar-refractivity contribution is -0.0666. The van der Waals surface area contributed by atoms with Crippen molar-refractivity contribution in [3.8, 4) is 11.8 Å². The highest BCUT2D eigenvalue weighted by atomic mass is 35.5. The van der Waals surface area contributed by atoms with E-state index in [1.54, 1.807) is 18.3 Å². The summed E-state index contributed by atoms with van der Waals surface area (Å²) in [6, 6.07) is 10.9. The van der Waals surface area contributed by atoms with E-state index in [1.165, 1.54) is 0 Å². The molecule has 2 aliphatic heterocycles. The van der Waals surface area contributed by atoms with E-state index in [9.17, 15) is 4.79 Å². The van der Waals surface area contributed by atoms with Crippen molar-refractivity contribution in [2.45, 2.75) is 12.8 Å². The highest BCUT2D eigenvalue weighted by Gasteiger charge is 2.46. The van der Waals surface area contributed by atoms with Gasteiger partial charge in [0.2, 0.25) is 0 Å². The molecular formula is C21H19ClN2O2. The van der Waals surface area contributed by atoms with Gasteiger partial charge >= 0.3 is 0 Å². The lowest BCUT2D eigenvalue weighted by Gasteiger charge is -2.52. The Bertz CT molecular complexity index is 872. The van der Waals surface area contributed by atoms with Crippen LogP contribution in [-0.4, -0.2) is 42.1 Å². The molecule has 0 unspecified atom stereocenters. The molecule has 0 bridgehead atoms. The van der Waals surface area contributed by atoms with Gasteiger partial charge in [0.05, 0.1) is 10.6 Å². The van der Waals surface area contributed by atoms with Crippen LogP contribution in [0.15, 0.2) is 42.6 Å². The van der Waals surface area contributed by atoms with Gasteiger partial charge in [-0.05, 0) is 49.1 Å². The molecule has 2 saturated heterocycles. The van der Waals surface area contributed by atoms with Crippen LogP contribution in [0.2, 0.25) is 5.02 Å². The molecule has 0 saturated carbocycles. The summed E-state index contributed by atoms with van der Waals surface area (Å²) in [6.45, 7) is 3.16. The topological polar surface area (TPSA) is 42.4 Å². The lowest BCUT2D eigenvalue weighted by atomic mass is 9.73. The Hall–Kier alpha value is -2.35. The third kappa shape index (κ3) is 3.46. The largest absolute Gasteiger partial charge is 0.381 e. The van der Waals surface area contributed by atoms with Crippen LogP contribution in [0.4, 0.5) is 0 Å². The second kappa shape index (κ2) is 7.11. The maximum absolute atomic E-state index is 12.8. The standard InChI is InChI=1S/C21H19ClN2O2/c22-19-7-5-16(4-6-17-3-1-2-10-23-17)13-18(19)20(25)24-14-21(15-24)8-11-26-12-9-21/h1-3,5,7,10,13H,8-9,11-12,14-15H2. The molecule has 1 spiro atoms. The quantitative estimate of drug-likeness (QED) is 0.726. The van der Waals surface area contributed by atoms with Gasteiger partial charge in [0.15, 0.2) is 0 Å². The molecule has 4 nitrogen and oxygen atoms in total. The number of rotatable bonds is 1. The fourth-order valence-corrected chi connectivity index (χ4v) is 3.74. The molecule has 1 aromatic heterocycles. The first-order valence-corrected chi connectivity index (χ1v) is 9.13. The number of carbonyl (C=O) groups is 1. The Balaban J connectivity index is 1.50. The molecule has 0 atom stereocenters. The molecule has 2 aliphatic rings. The van der Waals surface area contributed by atoms with Crippen molar-refractivity contribution in [2.24, 2.45) is 5.41 Å². The van der Waals surface area contributed by atoms with Crippen molar-refractivity contribution in [2.75, 3.05) is 26.3 Å². The van der Waals surface area contributed by atoms with Crippen LogP contribution < -0.4 is 0 Å². The van der Waals surface area contributed by atoms with Crippen LogP contribution >= 0.6 is 11.6 Å². The summed E-state index contributed by atoms with van der Waals surface area (Å²) < 4.78 is 5.43. The number of likely N-dealkylation sites (tertiary alicyclic amines) is 1. The maximum atomic E-state index is 12.8. The molecule has 3 heterocycles. The monoisotopic (exact) mass is 366 g/mol. The molecule has 1 aromatic carbocycles. The van der Waals surface area contributed by atoms with Gasteiger partial charge in [-0.1, -0.05) is 23.6 Å². The van der Waals surface area contributed by atoms with Crippen molar-refractivity contribution in [3.05, 3.63) is 64.4 Å². The second-order valence-corrected chi connectivity index (χ2v) is 7.34. The van der Waals surface area contributed by atoms with E-state index in [-0.39, 0.29) is 11.3 Å². The highest BCUT2D eigenvalue weighted by Crippen LogP contribution is 2.40. The molecule has 0 aliphatic carbocycles. The summed E-state index contributed by atoms with van der Waals surface area (Å²) in [5.41, 5.74) is 2.21. The Morgan fingerprint density at radius 3 is 2.69 bits per heavy atom. The number of nitrogens with zero attached hydrogens (tertiary/aromatic N) is 2. The lowest BCUT2D eigenvalue weighted by Crippen LogP contribution is -2.60. The minimum atomic E-state index is -0.0198. The maximum Gasteiger partial charge on any atom is 0.255 e. The van der Waals surface area contributed by atoms with Gasteiger partial charge in [-0.3, -0.25) is 4.79 Å². The Labute approximate surface area is 158 Å². The van der Waals surface area contributed by atoms with Gasteiger partial charge in [-0.15, -0.1) is 0 Å². The summed E-state index contributed by atoms with van der Waals surface area (Å²) in [5, 5.41) is 0.464. The smallest absolute Gasteiger partial charge is 0.255 e. The third-order valence-corrected chi connectivity index (χ3v) is 5.42. The van der Waals surface area contributed by atoms with Crippen LogP contribution in [-0.2, 0) is 4.74 Å². The number of amides is 1. The summed E-state index contributed by atoms with van der Waals surface area (Å²) in [7, 11) is 0.